The second-order valence-corrected chi connectivity index (χ2v) is 15.5. The molecule has 16 N–H and O–H groups in total. The Kier molecular flexibility index (Phi) is 17.2. The Bertz CT molecular complexity index is 1470. The zero-order valence-electron chi connectivity index (χ0n) is 32.9. The predicted octanol–water partition coefficient (Wildman–Crippen LogP) is -5.30. The summed E-state index contributed by atoms with van der Waals surface area (Å²) < 4.78 is 40.6. The van der Waals surface area contributed by atoms with Crippen LogP contribution >= 0.6 is 0 Å². The van der Waals surface area contributed by atoms with Gasteiger partial charge in [-0.05, 0) is 24.8 Å². The first-order chi connectivity index (χ1) is 28.1. The van der Waals surface area contributed by atoms with Crippen LogP contribution in [-0.4, -0.2) is 189 Å². The van der Waals surface area contributed by atoms with Gasteiger partial charge in [-0.1, -0.05) is 44.2 Å². The molecule has 336 valence electrons. The fraction of sp³-hybridized carbons (Fsp3) is 0.784. The summed E-state index contributed by atoms with van der Waals surface area (Å²) in [5.41, 5.74) is 19.6. The van der Waals surface area contributed by atoms with Crippen LogP contribution in [0.2, 0.25) is 0 Å². The third kappa shape index (κ3) is 11.2. The maximum atomic E-state index is 13.4. The van der Waals surface area contributed by atoms with Gasteiger partial charge in [-0.3, -0.25) is 4.79 Å². The molecule has 4 fully saturated rings. The quantitative estimate of drug-likeness (QED) is 0.0739. The monoisotopic (exact) mass is 847 g/mol. The number of hydrogen-bond donors (Lipinski definition) is 13. The zero-order chi connectivity index (χ0) is 43.1. The molecule has 0 unspecified atom stereocenters. The summed E-state index contributed by atoms with van der Waals surface area (Å²) in [7, 11) is 0. The first-order valence-corrected chi connectivity index (χ1v) is 19.8. The summed E-state index contributed by atoms with van der Waals surface area (Å²) in [6, 6.07) is 4.30. The van der Waals surface area contributed by atoms with E-state index in [0.717, 1.165) is 5.56 Å². The number of carbonyl (C=O) groups excluding carboxylic acids is 2. The van der Waals surface area contributed by atoms with Crippen LogP contribution in [0, 0.1) is 5.92 Å². The lowest BCUT2D eigenvalue weighted by Gasteiger charge is -2.48. The predicted molar refractivity (Wildman–Crippen MR) is 200 cm³/mol. The number of aliphatic hydroxyl groups is 8. The number of benzene rings is 1. The Balaban J connectivity index is 1.28. The summed E-state index contributed by atoms with van der Waals surface area (Å²) in [5.74, 6) is -1.19. The van der Waals surface area contributed by atoms with E-state index in [0.29, 0.717) is 0 Å². The molecule has 3 heterocycles. The summed E-state index contributed by atoms with van der Waals surface area (Å²) in [6.07, 6.45) is -21.8. The third-order valence-electron chi connectivity index (χ3n) is 11.3. The molecule has 5 rings (SSSR count). The number of rotatable bonds is 16. The van der Waals surface area contributed by atoms with Crippen LogP contribution in [-0.2, 0) is 44.6 Å². The fourth-order valence-electron chi connectivity index (χ4n) is 7.57. The molecule has 1 aromatic rings. The van der Waals surface area contributed by atoms with Gasteiger partial charge in [0.05, 0.1) is 37.4 Å². The number of nitrogens with one attached hydrogen (secondary N) is 2. The Morgan fingerprint density at radius 1 is 0.746 bits per heavy atom. The maximum absolute atomic E-state index is 13.4. The third-order valence-corrected chi connectivity index (χ3v) is 11.3. The van der Waals surface area contributed by atoms with E-state index in [-0.39, 0.29) is 32.4 Å². The molecule has 3 aliphatic heterocycles. The second-order valence-electron chi connectivity index (χ2n) is 15.5. The van der Waals surface area contributed by atoms with E-state index in [1.165, 1.54) is 0 Å². The van der Waals surface area contributed by atoms with Crippen molar-refractivity contribution in [3.63, 3.8) is 0 Å². The van der Waals surface area contributed by atoms with Crippen molar-refractivity contribution in [2.75, 3.05) is 19.8 Å². The van der Waals surface area contributed by atoms with E-state index in [1.807, 2.05) is 18.2 Å². The average molecular weight is 848 g/mol. The highest BCUT2D eigenvalue weighted by atomic mass is 16.8. The first kappa shape index (κ1) is 47.3. The van der Waals surface area contributed by atoms with Gasteiger partial charge in [0.15, 0.2) is 18.9 Å². The highest BCUT2D eigenvalue weighted by Crippen LogP contribution is 2.35. The van der Waals surface area contributed by atoms with Crippen LogP contribution in [0.5, 0.6) is 0 Å². The summed E-state index contributed by atoms with van der Waals surface area (Å²) >= 11 is 0. The largest absolute Gasteiger partial charge is 0.445 e. The topological polar surface area (TPSA) is 363 Å². The average Bonchev–Trinajstić information content (AvgIpc) is 3.52. The Hall–Kier alpha value is -2.72. The maximum Gasteiger partial charge on any atom is 0.407 e. The van der Waals surface area contributed by atoms with Crippen molar-refractivity contribution in [1.29, 1.82) is 0 Å². The smallest absolute Gasteiger partial charge is 0.407 e. The van der Waals surface area contributed by atoms with Crippen molar-refractivity contribution in [3.05, 3.63) is 35.9 Å². The fourth-order valence-corrected chi connectivity index (χ4v) is 7.57. The van der Waals surface area contributed by atoms with Crippen molar-refractivity contribution in [2.24, 2.45) is 23.1 Å². The first-order valence-electron chi connectivity index (χ1n) is 19.8. The molecule has 1 aromatic carbocycles. The van der Waals surface area contributed by atoms with Crippen molar-refractivity contribution in [2.45, 2.75) is 156 Å². The van der Waals surface area contributed by atoms with Gasteiger partial charge in [-0.25, -0.2) is 4.79 Å². The number of amides is 2. The molecule has 1 aliphatic carbocycles. The van der Waals surface area contributed by atoms with Crippen LogP contribution < -0.4 is 27.8 Å². The van der Waals surface area contributed by atoms with Crippen molar-refractivity contribution in [1.82, 2.24) is 10.6 Å². The number of ether oxygens (including phenoxy) is 7. The lowest BCUT2D eigenvalue weighted by Crippen LogP contribution is -2.68. The van der Waals surface area contributed by atoms with E-state index in [9.17, 15) is 50.4 Å². The molecule has 4 aliphatic rings. The minimum absolute atomic E-state index is 0.0642. The number of nitrogens with two attached hydrogens (primary N) is 3. The van der Waals surface area contributed by atoms with E-state index < -0.39 is 147 Å². The van der Waals surface area contributed by atoms with E-state index >= 15 is 0 Å². The van der Waals surface area contributed by atoms with Gasteiger partial charge in [0.1, 0.15) is 73.8 Å². The number of aliphatic hydroxyl groups excluding tert-OH is 8. The Morgan fingerprint density at radius 3 is 1.92 bits per heavy atom. The molecule has 0 radical (unpaired) electrons. The van der Waals surface area contributed by atoms with Crippen molar-refractivity contribution in [3.8, 4) is 0 Å². The standard InChI is InChI=1S/C37H61N5O17/c1-3-19-25(46)27(48)22(39)34(54-19)58-31-21(13-44)56-36(29(31)50)59-32-24(45)18(11-17(38)30(32)57-35-23(40)28(49)26(47)20(12-43)55-35)42-33(51)15(2)9-10-41-37(52)53-14-16-7-5-4-6-8-16/h4-8,15,17-32,34-36,43-50H,3,9-14,38-40H2,1-2H3,(H,41,52)(H,42,51)/t15-,17-,18+,19-,20+,21+,22+,23+,24-,25+,26+,27+,28+,29+,30+,31+,32+,34+,35+,36-/m0/s1. The second kappa shape index (κ2) is 21.4. The highest BCUT2D eigenvalue weighted by molar-refractivity contribution is 5.78. The van der Waals surface area contributed by atoms with Crippen molar-refractivity contribution >= 4 is 12.0 Å². The van der Waals surface area contributed by atoms with Gasteiger partial charge in [-0.15, -0.1) is 0 Å². The van der Waals surface area contributed by atoms with Gasteiger partial charge in [0.25, 0.3) is 0 Å². The molecular weight excluding hydrogens is 786 g/mol. The van der Waals surface area contributed by atoms with Gasteiger partial charge >= 0.3 is 6.09 Å². The van der Waals surface area contributed by atoms with E-state index in [2.05, 4.69) is 10.6 Å². The number of alkyl carbamates (subject to hydrolysis) is 1. The molecule has 20 atom stereocenters. The molecule has 2 amide bonds. The van der Waals surface area contributed by atoms with Gasteiger partial charge < -0.3 is 102 Å². The molecule has 22 nitrogen and oxygen atoms in total. The summed E-state index contributed by atoms with van der Waals surface area (Å²) in [5, 5.41) is 90.4. The van der Waals surface area contributed by atoms with Crippen LogP contribution in [0.25, 0.3) is 0 Å². The Morgan fingerprint density at radius 2 is 1.31 bits per heavy atom. The van der Waals surface area contributed by atoms with Gasteiger partial charge in [0, 0.05) is 18.5 Å². The lowest BCUT2D eigenvalue weighted by atomic mass is 9.83. The Labute approximate surface area is 340 Å². The highest BCUT2D eigenvalue weighted by Gasteiger charge is 2.55. The molecular formula is C37H61N5O17. The van der Waals surface area contributed by atoms with Gasteiger partial charge in [0.2, 0.25) is 5.91 Å². The van der Waals surface area contributed by atoms with Crippen molar-refractivity contribution < 1.29 is 83.6 Å². The molecule has 0 spiro atoms. The van der Waals surface area contributed by atoms with Crippen LogP contribution in [0.3, 0.4) is 0 Å². The molecule has 0 aromatic heterocycles. The SMILES string of the molecule is CC[C@@H]1O[C@H](O[C@H]2[C@@H](O)[C@H](O[C@@H]3[C@@H](O)[C@H](NC(=O)[C@@H](C)CCNC(=O)OCc4ccccc4)C[C@H](N)[C@H]3O[C@H]3O[C@H](CO)[C@@H](O)[C@H](O)[C@H]3N)O[C@@H]2CO)[C@H](N)[C@@H](O)[C@@H]1O. The molecule has 59 heavy (non-hydrogen) atoms. The van der Waals surface area contributed by atoms with E-state index in [1.54, 1.807) is 26.0 Å². The number of hydrogen-bond acceptors (Lipinski definition) is 20. The minimum atomic E-state index is -1.71. The van der Waals surface area contributed by atoms with Crippen LogP contribution in [0.4, 0.5) is 4.79 Å². The zero-order valence-corrected chi connectivity index (χ0v) is 32.9. The minimum Gasteiger partial charge on any atom is -0.445 e. The van der Waals surface area contributed by atoms with Crippen LogP contribution in [0.1, 0.15) is 38.7 Å². The number of carbonyl (C=O) groups is 2. The van der Waals surface area contributed by atoms with Crippen LogP contribution in [0.15, 0.2) is 30.3 Å². The van der Waals surface area contributed by atoms with Gasteiger partial charge in [-0.2, -0.15) is 0 Å². The van der Waals surface area contributed by atoms with E-state index in [4.69, 9.17) is 50.4 Å². The summed E-state index contributed by atoms with van der Waals surface area (Å²) in [6.45, 7) is 2.06. The molecule has 1 saturated carbocycles. The summed E-state index contributed by atoms with van der Waals surface area (Å²) in [4.78, 5) is 25.6. The molecule has 3 saturated heterocycles. The molecule has 22 heteroatoms. The lowest BCUT2D eigenvalue weighted by molar-refractivity contribution is -0.311. The normalized spacial score (nSPS) is 41.9. The molecule has 0 bridgehead atoms.